The van der Waals surface area contributed by atoms with Gasteiger partial charge >= 0.3 is 0 Å². The van der Waals surface area contributed by atoms with E-state index in [4.69, 9.17) is 0 Å². The zero-order valence-electron chi connectivity index (χ0n) is 15.3. The molecule has 0 aromatic heterocycles. The maximum atomic E-state index is 2.21. The Balaban J connectivity index is 0.000000117. The minimum absolute atomic E-state index is 1.18. The van der Waals surface area contributed by atoms with E-state index in [0.717, 1.165) is 0 Å². The van der Waals surface area contributed by atoms with E-state index in [-0.39, 0.29) is 0 Å². The Labute approximate surface area is 155 Å². The SMILES string of the molecule is C1C2CC3CC1CC(C2)C3.c1cc2ccc3cccc4ccc(c1)c2c34. The summed E-state index contributed by atoms with van der Waals surface area (Å²) in [5.74, 6) is 4.71. The summed E-state index contributed by atoms with van der Waals surface area (Å²) in [6, 6.07) is 21.9. The van der Waals surface area contributed by atoms with Gasteiger partial charge in [-0.05, 0) is 94.5 Å². The average molecular weight is 338 g/mol. The number of hydrogen-bond donors (Lipinski definition) is 0. The first-order chi connectivity index (χ1) is 12.8. The molecule has 4 saturated carbocycles. The third kappa shape index (κ3) is 2.35. The van der Waals surface area contributed by atoms with Crippen molar-refractivity contribution in [3.63, 3.8) is 0 Å². The van der Waals surface area contributed by atoms with Crippen LogP contribution in [0.3, 0.4) is 0 Å². The molecule has 4 aromatic rings. The van der Waals surface area contributed by atoms with E-state index in [2.05, 4.69) is 60.7 Å². The van der Waals surface area contributed by atoms with Gasteiger partial charge in [-0.2, -0.15) is 0 Å². The first-order valence-corrected chi connectivity index (χ1v) is 10.5. The summed E-state index contributed by atoms with van der Waals surface area (Å²) in [6.07, 6.45) is 9.62. The fourth-order valence-electron chi connectivity index (χ4n) is 6.65. The third-order valence-electron chi connectivity index (χ3n) is 7.39. The van der Waals surface area contributed by atoms with Crippen molar-refractivity contribution in [3.05, 3.63) is 60.7 Å². The van der Waals surface area contributed by atoms with Gasteiger partial charge in [0.25, 0.3) is 0 Å². The first kappa shape index (κ1) is 15.0. The Kier molecular flexibility index (Phi) is 3.30. The largest absolute Gasteiger partial charge is 0.0610 e. The van der Waals surface area contributed by atoms with Gasteiger partial charge in [-0.25, -0.2) is 0 Å². The zero-order valence-corrected chi connectivity index (χ0v) is 15.3. The summed E-state index contributed by atoms with van der Waals surface area (Å²) in [7, 11) is 0. The lowest BCUT2D eigenvalue weighted by molar-refractivity contribution is 0.0198. The van der Waals surface area contributed by atoms with Crippen LogP contribution in [-0.4, -0.2) is 0 Å². The minimum Gasteiger partial charge on any atom is -0.0610 e. The summed E-state index contributed by atoms with van der Waals surface area (Å²) in [4.78, 5) is 0. The molecule has 0 N–H and O–H groups in total. The molecule has 0 spiro atoms. The fraction of sp³-hybridized carbons (Fsp3) is 0.385. The third-order valence-corrected chi connectivity index (χ3v) is 7.39. The summed E-state index contributed by atoms with van der Waals surface area (Å²) in [5.41, 5.74) is 0. The molecule has 4 aromatic carbocycles. The highest BCUT2D eigenvalue weighted by Crippen LogP contribution is 2.53. The lowest BCUT2D eigenvalue weighted by Gasteiger charge is -2.49. The van der Waals surface area contributed by atoms with Gasteiger partial charge in [0.2, 0.25) is 0 Å². The second-order valence-electron chi connectivity index (χ2n) is 9.17. The number of benzene rings is 4. The Bertz CT molecular complexity index is 887. The van der Waals surface area contributed by atoms with Crippen LogP contribution >= 0.6 is 0 Å². The fourth-order valence-corrected chi connectivity index (χ4v) is 6.65. The summed E-state index contributed by atoms with van der Waals surface area (Å²) < 4.78 is 0. The van der Waals surface area contributed by atoms with E-state index in [1.54, 1.807) is 38.5 Å². The molecular weight excluding hydrogens is 312 g/mol. The summed E-state index contributed by atoms with van der Waals surface area (Å²) >= 11 is 0. The molecule has 130 valence electrons. The van der Waals surface area contributed by atoms with Gasteiger partial charge in [0, 0.05) is 0 Å². The lowest BCUT2D eigenvalue weighted by atomic mass is 9.56. The van der Waals surface area contributed by atoms with Gasteiger partial charge in [-0.3, -0.25) is 0 Å². The topological polar surface area (TPSA) is 0 Å². The quantitative estimate of drug-likeness (QED) is 0.293. The highest BCUT2D eigenvalue weighted by atomic mass is 14.5. The van der Waals surface area contributed by atoms with Crippen LogP contribution in [0.15, 0.2) is 60.7 Å². The van der Waals surface area contributed by atoms with E-state index < -0.39 is 0 Å². The molecule has 4 aliphatic rings. The van der Waals surface area contributed by atoms with Crippen LogP contribution in [0.25, 0.3) is 32.3 Å². The van der Waals surface area contributed by atoms with Gasteiger partial charge in [0.05, 0.1) is 0 Å². The molecule has 0 atom stereocenters. The van der Waals surface area contributed by atoms with Crippen molar-refractivity contribution < 1.29 is 0 Å². The van der Waals surface area contributed by atoms with Crippen LogP contribution in [0.1, 0.15) is 38.5 Å². The predicted octanol–water partition coefficient (Wildman–Crippen LogP) is 7.42. The van der Waals surface area contributed by atoms with E-state index in [9.17, 15) is 0 Å². The van der Waals surface area contributed by atoms with Crippen molar-refractivity contribution in [1.82, 2.24) is 0 Å². The molecule has 4 fully saturated rings. The molecule has 0 aliphatic heterocycles. The molecule has 26 heavy (non-hydrogen) atoms. The van der Waals surface area contributed by atoms with Crippen molar-refractivity contribution in [2.24, 2.45) is 23.7 Å². The Morgan fingerprint density at radius 2 is 0.654 bits per heavy atom. The van der Waals surface area contributed by atoms with Gasteiger partial charge in [-0.1, -0.05) is 60.7 Å². The molecular formula is C26H26. The van der Waals surface area contributed by atoms with Gasteiger partial charge < -0.3 is 0 Å². The second kappa shape index (κ2) is 5.71. The average Bonchev–Trinajstić information content (AvgIpc) is 2.66. The van der Waals surface area contributed by atoms with Crippen molar-refractivity contribution in [1.29, 1.82) is 0 Å². The molecule has 0 radical (unpaired) electrons. The van der Waals surface area contributed by atoms with E-state index in [1.807, 2.05) is 0 Å². The van der Waals surface area contributed by atoms with Crippen molar-refractivity contribution in [2.45, 2.75) is 38.5 Å². The van der Waals surface area contributed by atoms with Gasteiger partial charge in [-0.15, -0.1) is 0 Å². The Hall–Kier alpha value is -2.08. The van der Waals surface area contributed by atoms with E-state index >= 15 is 0 Å². The zero-order chi connectivity index (χ0) is 17.1. The van der Waals surface area contributed by atoms with Crippen LogP contribution in [0.5, 0.6) is 0 Å². The highest BCUT2D eigenvalue weighted by Gasteiger charge is 2.41. The second-order valence-corrected chi connectivity index (χ2v) is 9.17. The molecule has 4 aliphatic carbocycles. The van der Waals surface area contributed by atoms with Crippen LogP contribution in [-0.2, 0) is 0 Å². The van der Waals surface area contributed by atoms with Crippen molar-refractivity contribution >= 4 is 32.3 Å². The Morgan fingerprint density at radius 1 is 0.385 bits per heavy atom. The van der Waals surface area contributed by atoms with Crippen molar-refractivity contribution in [2.75, 3.05) is 0 Å². The van der Waals surface area contributed by atoms with Crippen LogP contribution in [0.4, 0.5) is 0 Å². The molecule has 0 heteroatoms. The maximum Gasteiger partial charge on any atom is -0.00268 e. The van der Waals surface area contributed by atoms with Crippen LogP contribution in [0.2, 0.25) is 0 Å². The normalized spacial score (nSPS) is 29.4. The minimum atomic E-state index is 1.18. The summed E-state index contributed by atoms with van der Waals surface area (Å²) in [5, 5.41) is 8.14. The monoisotopic (exact) mass is 338 g/mol. The highest BCUT2D eigenvalue weighted by molar-refractivity contribution is 6.22. The van der Waals surface area contributed by atoms with E-state index in [0.29, 0.717) is 0 Å². The first-order valence-electron chi connectivity index (χ1n) is 10.5. The van der Waals surface area contributed by atoms with Crippen LogP contribution in [0, 0.1) is 23.7 Å². The lowest BCUT2D eigenvalue weighted by Crippen LogP contribution is -2.38. The number of hydrogen-bond acceptors (Lipinski definition) is 0. The van der Waals surface area contributed by atoms with Crippen molar-refractivity contribution in [3.8, 4) is 0 Å². The molecule has 0 heterocycles. The smallest absolute Gasteiger partial charge is 0.00268 e. The predicted molar refractivity (Wildman–Crippen MR) is 112 cm³/mol. The molecule has 4 bridgehead atoms. The number of rotatable bonds is 0. The molecule has 0 unspecified atom stereocenters. The Morgan fingerprint density at radius 3 is 0.923 bits per heavy atom. The van der Waals surface area contributed by atoms with Gasteiger partial charge in [0.15, 0.2) is 0 Å². The maximum absolute atomic E-state index is 2.21. The standard InChI is InChI=1S/C16H10.C10H16/c1-3-11-7-9-13-5-2-6-14-10-8-12(4-1)15(11)16(13)14;1-7-2-9-4-8(1)5-10(3-7)6-9/h1-10H;7-10H,1-6H2. The molecule has 0 nitrogen and oxygen atoms in total. The van der Waals surface area contributed by atoms with Gasteiger partial charge in [0.1, 0.15) is 0 Å². The molecule has 0 saturated heterocycles. The van der Waals surface area contributed by atoms with E-state index in [1.165, 1.54) is 56.0 Å². The molecule has 0 amide bonds. The molecule has 8 rings (SSSR count). The summed E-state index contributed by atoms with van der Waals surface area (Å²) in [6.45, 7) is 0. The van der Waals surface area contributed by atoms with Crippen LogP contribution < -0.4 is 0 Å².